The maximum Gasteiger partial charge on any atom is 0.214 e. The fraction of sp³-hybridized carbons (Fsp3) is 0.292. The predicted molar refractivity (Wildman–Crippen MR) is 117 cm³/mol. The van der Waals surface area contributed by atoms with Crippen LogP contribution in [0.2, 0.25) is 0 Å². The first-order chi connectivity index (χ1) is 14.6. The van der Waals surface area contributed by atoms with Crippen LogP contribution in [0, 0.1) is 5.95 Å². The molecule has 6 nitrogen and oxygen atoms in total. The average molecular weight is 417 g/mol. The van der Waals surface area contributed by atoms with Crippen LogP contribution in [0.4, 0.5) is 4.39 Å². The lowest BCUT2D eigenvalue weighted by molar-refractivity contribution is 0.567. The molecule has 7 heteroatoms. The Labute approximate surface area is 181 Å². The Kier molecular flexibility index (Phi) is 5.13. The quantitative estimate of drug-likeness (QED) is 0.444. The van der Waals surface area contributed by atoms with Crippen molar-refractivity contribution in [2.24, 2.45) is 0 Å². The molecule has 4 heterocycles. The van der Waals surface area contributed by atoms with Crippen molar-refractivity contribution < 1.29 is 4.39 Å². The van der Waals surface area contributed by atoms with Gasteiger partial charge < -0.3 is 0 Å². The molecular formula is C24H25FN6. The van der Waals surface area contributed by atoms with Crippen molar-refractivity contribution in [2.45, 2.75) is 45.4 Å². The van der Waals surface area contributed by atoms with E-state index < -0.39 is 11.4 Å². The molecule has 0 unspecified atom stereocenters. The highest BCUT2D eigenvalue weighted by Gasteiger charge is 2.28. The van der Waals surface area contributed by atoms with Crippen LogP contribution >= 0.6 is 0 Å². The lowest BCUT2D eigenvalue weighted by atomic mass is 9.85. The summed E-state index contributed by atoms with van der Waals surface area (Å²) in [7, 11) is 0. The molecule has 0 aliphatic rings. The molecule has 0 spiro atoms. The molecule has 0 fully saturated rings. The van der Waals surface area contributed by atoms with E-state index in [4.69, 9.17) is 4.98 Å². The van der Waals surface area contributed by atoms with E-state index in [1.54, 1.807) is 35.4 Å². The summed E-state index contributed by atoms with van der Waals surface area (Å²) in [6.45, 7) is 10.5. The van der Waals surface area contributed by atoms with Crippen LogP contribution in [-0.2, 0) is 10.8 Å². The number of nitrogens with zero attached hydrogens (tertiary/aromatic N) is 6. The zero-order valence-corrected chi connectivity index (χ0v) is 18.3. The van der Waals surface area contributed by atoms with Crippen molar-refractivity contribution in [2.75, 3.05) is 0 Å². The molecule has 158 valence electrons. The van der Waals surface area contributed by atoms with Crippen LogP contribution in [-0.4, -0.2) is 29.7 Å². The lowest BCUT2D eigenvalue weighted by Gasteiger charge is -2.22. The molecule has 0 aromatic carbocycles. The maximum absolute atomic E-state index is 13.5. The van der Waals surface area contributed by atoms with E-state index in [9.17, 15) is 4.39 Å². The number of halogens is 1. The Hall–Kier alpha value is -3.48. The zero-order chi connectivity index (χ0) is 22.2. The van der Waals surface area contributed by atoms with E-state index >= 15 is 0 Å². The highest BCUT2D eigenvalue weighted by Crippen LogP contribution is 2.31. The van der Waals surface area contributed by atoms with Crippen molar-refractivity contribution in [1.82, 2.24) is 29.7 Å². The summed E-state index contributed by atoms with van der Waals surface area (Å²) in [6, 6.07) is 12.4. The van der Waals surface area contributed by atoms with E-state index in [2.05, 4.69) is 54.7 Å². The van der Waals surface area contributed by atoms with E-state index in [1.165, 1.54) is 6.07 Å². The fourth-order valence-electron chi connectivity index (χ4n) is 3.27. The minimum atomic E-state index is -0.541. The maximum atomic E-state index is 13.5. The van der Waals surface area contributed by atoms with E-state index in [0.717, 1.165) is 22.6 Å². The molecule has 0 aliphatic carbocycles. The van der Waals surface area contributed by atoms with Gasteiger partial charge in [-0.1, -0.05) is 26.8 Å². The number of pyridine rings is 2. The Bertz CT molecular complexity index is 1220. The second kappa shape index (κ2) is 7.65. The Morgan fingerprint density at radius 1 is 0.806 bits per heavy atom. The summed E-state index contributed by atoms with van der Waals surface area (Å²) in [5, 5.41) is 4.64. The molecule has 4 rings (SSSR count). The van der Waals surface area contributed by atoms with E-state index in [-0.39, 0.29) is 5.41 Å². The highest BCUT2D eigenvalue weighted by atomic mass is 19.1. The van der Waals surface area contributed by atoms with E-state index in [0.29, 0.717) is 11.6 Å². The van der Waals surface area contributed by atoms with Crippen molar-refractivity contribution in [3.8, 4) is 17.2 Å². The van der Waals surface area contributed by atoms with Gasteiger partial charge in [0.15, 0.2) is 11.6 Å². The second-order valence-electron chi connectivity index (χ2n) is 9.03. The minimum absolute atomic E-state index is 0.0648. The molecule has 0 saturated carbocycles. The molecule has 31 heavy (non-hydrogen) atoms. The molecule has 0 aliphatic heterocycles. The number of rotatable bonds is 4. The molecule has 0 saturated heterocycles. The predicted octanol–water partition coefficient (Wildman–Crippen LogP) is 4.88. The third-order valence-corrected chi connectivity index (χ3v) is 5.25. The van der Waals surface area contributed by atoms with Gasteiger partial charge >= 0.3 is 0 Å². The average Bonchev–Trinajstić information content (AvgIpc) is 3.25. The summed E-state index contributed by atoms with van der Waals surface area (Å²) in [6.07, 6.45) is 5.34. The molecule has 0 atom stereocenters. The molecule has 0 radical (unpaired) electrons. The van der Waals surface area contributed by atoms with Gasteiger partial charge in [0.1, 0.15) is 0 Å². The van der Waals surface area contributed by atoms with Crippen LogP contribution < -0.4 is 0 Å². The van der Waals surface area contributed by atoms with Gasteiger partial charge in [0, 0.05) is 35.3 Å². The van der Waals surface area contributed by atoms with Gasteiger partial charge in [-0.25, -0.2) is 19.6 Å². The first-order valence-corrected chi connectivity index (χ1v) is 10.1. The zero-order valence-electron chi connectivity index (χ0n) is 18.3. The van der Waals surface area contributed by atoms with Crippen LogP contribution in [0.5, 0.6) is 0 Å². The summed E-state index contributed by atoms with van der Waals surface area (Å²) in [4.78, 5) is 17.7. The smallest absolute Gasteiger partial charge is 0.214 e. The van der Waals surface area contributed by atoms with Gasteiger partial charge in [-0.15, -0.1) is 0 Å². The van der Waals surface area contributed by atoms with E-state index in [1.807, 2.05) is 24.3 Å². The second-order valence-corrected chi connectivity index (χ2v) is 9.03. The number of aromatic nitrogens is 6. The Morgan fingerprint density at radius 2 is 1.58 bits per heavy atom. The first-order valence-electron chi connectivity index (χ1n) is 10.1. The van der Waals surface area contributed by atoms with Gasteiger partial charge in [0.05, 0.1) is 16.8 Å². The standard InChI is InChI=1S/C24H25FN6/c1-23(2,3)19-15-16(9-12-26-19)22-27-13-10-17(28-22)24(4,5)18-11-14-31(30-18)21-8-6-7-20(25)29-21/h6-15H,1-5H3. The normalized spacial score (nSPS) is 12.2. The van der Waals surface area contributed by atoms with Crippen molar-refractivity contribution in [3.63, 3.8) is 0 Å². The molecule has 0 bridgehead atoms. The van der Waals surface area contributed by atoms with Crippen LogP contribution in [0.1, 0.15) is 51.7 Å². The van der Waals surface area contributed by atoms with Gasteiger partial charge in [0.25, 0.3) is 0 Å². The number of hydrogen-bond acceptors (Lipinski definition) is 5. The Balaban J connectivity index is 1.69. The summed E-state index contributed by atoms with van der Waals surface area (Å²) in [5.41, 5.74) is 2.99. The minimum Gasteiger partial charge on any atom is -0.261 e. The molecule has 4 aromatic heterocycles. The number of hydrogen-bond donors (Lipinski definition) is 0. The molecule has 4 aromatic rings. The van der Waals surface area contributed by atoms with Gasteiger partial charge in [-0.05, 0) is 50.2 Å². The highest BCUT2D eigenvalue weighted by molar-refractivity contribution is 5.55. The third kappa shape index (κ3) is 4.21. The monoisotopic (exact) mass is 416 g/mol. The largest absolute Gasteiger partial charge is 0.261 e. The summed E-state index contributed by atoms with van der Waals surface area (Å²) < 4.78 is 15.1. The van der Waals surface area contributed by atoms with Crippen LogP contribution in [0.25, 0.3) is 17.2 Å². The van der Waals surface area contributed by atoms with Crippen LogP contribution in [0.3, 0.4) is 0 Å². The summed E-state index contributed by atoms with van der Waals surface area (Å²) in [5.74, 6) is 0.530. The topological polar surface area (TPSA) is 69.4 Å². The van der Waals surface area contributed by atoms with Crippen molar-refractivity contribution in [1.29, 1.82) is 0 Å². The first kappa shape index (κ1) is 20.8. The fourth-order valence-corrected chi connectivity index (χ4v) is 3.27. The third-order valence-electron chi connectivity index (χ3n) is 5.25. The lowest BCUT2D eigenvalue weighted by Crippen LogP contribution is -2.22. The van der Waals surface area contributed by atoms with Gasteiger partial charge in [-0.2, -0.15) is 9.49 Å². The molecule has 0 amide bonds. The van der Waals surface area contributed by atoms with Crippen molar-refractivity contribution >= 4 is 0 Å². The summed E-state index contributed by atoms with van der Waals surface area (Å²) >= 11 is 0. The van der Waals surface area contributed by atoms with Gasteiger partial charge in [0.2, 0.25) is 5.95 Å². The molecule has 0 N–H and O–H groups in total. The SMILES string of the molecule is CC(C)(C)c1cc(-c2nccc(C(C)(C)c3ccn(-c4cccc(F)n4)n3)n2)ccn1. The van der Waals surface area contributed by atoms with Gasteiger partial charge in [-0.3, -0.25) is 4.98 Å². The Morgan fingerprint density at radius 3 is 2.32 bits per heavy atom. The van der Waals surface area contributed by atoms with Crippen molar-refractivity contribution in [3.05, 3.63) is 84.1 Å². The van der Waals surface area contributed by atoms with Crippen LogP contribution in [0.15, 0.2) is 61.1 Å². The molecular weight excluding hydrogens is 391 g/mol.